The van der Waals surface area contributed by atoms with E-state index in [4.69, 9.17) is 17.3 Å². The Balaban J connectivity index is 2.35. The summed E-state index contributed by atoms with van der Waals surface area (Å²) in [5.41, 5.74) is 8.40. The SMILES string of the molecule is Cc1cc([C@@H]2[C@@H](N)C2(C)C)cc(Cl)n1. The van der Waals surface area contributed by atoms with Crippen molar-refractivity contribution < 1.29 is 0 Å². The Bertz CT molecular complexity index is 353. The molecule has 1 aromatic rings. The van der Waals surface area contributed by atoms with Crippen LogP contribution >= 0.6 is 11.6 Å². The van der Waals surface area contributed by atoms with Gasteiger partial charge in [-0.25, -0.2) is 4.98 Å². The Morgan fingerprint density at radius 3 is 2.43 bits per heavy atom. The van der Waals surface area contributed by atoms with Gasteiger partial charge in [-0.15, -0.1) is 0 Å². The van der Waals surface area contributed by atoms with Crippen molar-refractivity contribution in [2.45, 2.75) is 32.7 Å². The summed E-state index contributed by atoms with van der Waals surface area (Å²) in [5, 5.41) is 0.565. The van der Waals surface area contributed by atoms with Gasteiger partial charge in [-0.2, -0.15) is 0 Å². The summed E-state index contributed by atoms with van der Waals surface area (Å²) in [6.45, 7) is 6.33. The van der Waals surface area contributed by atoms with Gasteiger partial charge < -0.3 is 5.73 Å². The van der Waals surface area contributed by atoms with Gasteiger partial charge in [0.25, 0.3) is 0 Å². The van der Waals surface area contributed by atoms with Gasteiger partial charge in [0.1, 0.15) is 5.15 Å². The molecule has 0 spiro atoms. The minimum absolute atomic E-state index is 0.205. The molecule has 2 rings (SSSR count). The monoisotopic (exact) mass is 210 g/mol. The van der Waals surface area contributed by atoms with Crippen LogP contribution in [0, 0.1) is 12.3 Å². The second kappa shape index (κ2) is 2.94. The first kappa shape index (κ1) is 9.94. The first-order valence-corrected chi connectivity index (χ1v) is 5.20. The Labute approximate surface area is 89.5 Å². The number of hydrogen-bond acceptors (Lipinski definition) is 2. The fourth-order valence-corrected chi connectivity index (χ4v) is 2.41. The minimum Gasteiger partial charge on any atom is -0.327 e. The molecule has 0 aliphatic heterocycles. The number of pyridine rings is 1. The average Bonchev–Trinajstić information content (AvgIpc) is 2.48. The predicted octanol–water partition coefficient (Wildman–Crippen LogP) is 2.49. The number of aromatic nitrogens is 1. The molecule has 1 aliphatic carbocycles. The number of halogens is 1. The highest BCUT2D eigenvalue weighted by atomic mass is 35.5. The number of hydrogen-bond donors (Lipinski definition) is 1. The quantitative estimate of drug-likeness (QED) is 0.724. The lowest BCUT2D eigenvalue weighted by molar-refractivity contribution is 0.599. The highest BCUT2D eigenvalue weighted by Crippen LogP contribution is 2.57. The van der Waals surface area contributed by atoms with Crippen LogP contribution in [-0.2, 0) is 0 Å². The Morgan fingerprint density at radius 2 is 2.00 bits per heavy atom. The molecule has 1 aliphatic rings. The molecule has 1 aromatic heterocycles. The van der Waals surface area contributed by atoms with E-state index >= 15 is 0 Å². The summed E-state index contributed by atoms with van der Waals surface area (Å²) in [6, 6.07) is 4.25. The van der Waals surface area contributed by atoms with Gasteiger partial charge in [-0.1, -0.05) is 25.4 Å². The van der Waals surface area contributed by atoms with E-state index in [0.29, 0.717) is 11.1 Å². The summed E-state index contributed by atoms with van der Waals surface area (Å²) in [4.78, 5) is 4.14. The first-order chi connectivity index (χ1) is 6.43. The Hall–Kier alpha value is -0.600. The summed E-state index contributed by atoms with van der Waals surface area (Å²) < 4.78 is 0. The molecule has 0 unspecified atom stereocenters. The van der Waals surface area contributed by atoms with Gasteiger partial charge >= 0.3 is 0 Å². The van der Waals surface area contributed by atoms with Crippen molar-refractivity contribution >= 4 is 11.6 Å². The second-order valence-electron chi connectivity index (χ2n) is 4.69. The zero-order valence-electron chi connectivity index (χ0n) is 8.71. The largest absolute Gasteiger partial charge is 0.327 e. The molecule has 0 aromatic carbocycles. The first-order valence-electron chi connectivity index (χ1n) is 4.82. The van der Waals surface area contributed by atoms with Crippen molar-refractivity contribution in [2.75, 3.05) is 0 Å². The molecule has 3 heteroatoms. The molecule has 2 atom stereocenters. The van der Waals surface area contributed by atoms with Crippen LogP contribution < -0.4 is 5.73 Å². The van der Waals surface area contributed by atoms with E-state index in [1.54, 1.807) is 0 Å². The molecule has 76 valence electrons. The van der Waals surface area contributed by atoms with Crippen molar-refractivity contribution in [1.82, 2.24) is 4.98 Å². The third kappa shape index (κ3) is 1.43. The maximum atomic E-state index is 6.01. The molecule has 14 heavy (non-hydrogen) atoms. The van der Waals surface area contributed by atoms with Crippen LogP contribution in [0.2, 0.25) is 5.15 Å². The second-order valence-corrected chi connectivity index (χ2v) is 5.08. The summed E-state index contributed by atoms with van der Waals surface area (Å²) in [6.07, 6.45) is 0. The lowest BCUT2D eigenvalue weighted by atomic mass is 10.0. The molecule has 1 heterocycles. The lowest BCUT2D eigenvalue weighted by Gasteiger charge is -2.04. The predicted molar refractivity (Wildman–Crippen MR) is 58.5 cm³/mol. The van der Waals surface area contributed by atoms with Crippen LogP contribution in [0.5, 0.6) is 0 Å². The van der Waals surface area contributed by atoms with Gasteiger partial charge in [-0.05, 0) is 30.0 Å². The van der Waals surface area contributed by atoms with Crippen LogP contribution in [0.15, 0.2) is 12.1 Å². The van der Waals surface area contributed by atoms with E-state index < -0.39 is 0 Å². The number of rotatable bonds is 1. The molecule has 0 bridgehead atoms. The molecule has 2 nitrogen and oxygen atoms in total. The molecule has 0 saturated heterocycles. The van der Waals surface area contributed by atoms with Gasteiger partial charge in [0.15, 0.2) is 0 Å². The molecule has 0 amide bonds. The van der Waals surface area contributed by atoms with Crippen molar-refractivity contribution in [3.8, 4) is 0 Å². The fourth-order valence-electron chi connectivity index (χ4n) is 2.15. The van der Waals surface area contributed by atoms with E-state index in [2.05, 4.69) is 24.9 Å². The van der Waals surface area contributed by atoms with Crippen LogP contribution in [0.25, 0.3) is 0 Å². The van der Waals surface area contributed by atoms with E-state index in [-0.39, 0.29) is 11.5 Å². The maximum absolute atomic E-state index is 6.01. The highest BCUT2D eigenvalue weighted by Gasteiger charge is 2.56. The van der Waals surface area contributed by atoms with Crippen molar-refractivity contribution in [3.05, 3.63) is 28.5 Å². The van der Waals surface area contributed by atoms with Crippen molar-refractivity contribution in [2.24, 2.45) is 11.1 Å². The smallest absolute Gasteiger partial charge is 0.129 e. The van der Waals surface area contributed by atoms with Crippen molar-refractivity contribution in [3.63, 3.8) is 0 Å². The summed E-state index contributed by atoms with van der Waals surface area (Å²) in [7, 11) is 0. The third-order valence-corrected chi connectivity index (χ3v) is 3.41. The van der Waals surface area contributed by atoms with E-state index in [1.165, 1.54) is 5.56 Å². The highest BCUT2D eigenvalue weighted by molar-refractivity contribution is 6.29. The molecule has 1 saturated carbocycles. The molecular weight excluding hydrogens is 196 g/mol. The zero-order valence-corrected chi connectivity index (χ0v) is 9.47. The number of nitrogens with two attached hydrogens (primary N) is 1. The molecule has 0 radical (unpaired) electrons. The molecular formula is C11H15ClN2. The lowest BCUT2D eigenvalue weighted by Crippen LogP contribution is -2.06. The van der Waals surface area contributed by atoms with Gasteiger partial charge in [-0.3, -0.25) is 0 Å². The molecule has 1 fully saturated rings. The third-order valence-electron chi connectivity index (χ3n) is 3.21. The average molecular weight is 211 g/mol. The van der Waals surface area contributed by atoms with E-state index in [0.717, 1.165) is 5.69 Å². The normalized spacial score (nSPS) is 28.9. The topological polar surface area (TPSA) is 38.9 Å². The maximum Gasteiger partial charge on any atom is 0.129 e. The van der Waals surface area contributed by atoms with Crippen molar-refractivity contribution in [1.29, 1.82) is 0 Å². The molecule has 2 N–H and O–H groups in total. The zero-order chi connectivity index (χ0) is 10.5. The number of nitrogens with zero attached hydrogens (tertiary/aromatic N) is 1. The van der Waals surface area contributed by atoms with Crippen LogP contribution in [-0.4, -0.2) is 11.0 Å². The van der Waals surface area contributed by atoms with E-state index in [9.17, 15) is 0 Å². The standard InChI is InChI=1S/C11H15ClN2/c1-6-4-7(5-8(12)14-6)9-10(13)11(9,2)3/h4-5,9-10H,13H2,1-3H3/t9-,10-/m1/s1. The summed E-state index contributed by atoms with van der Waals surface area (Å²) in [5.74, 6) is 0.432. The fraction of sp³-hybridized carbons (Fsp3) is 0.545. The van der Waals surface area contributed by atoms with E-state index in [1.807, 2.05) is 13.0 Å². The van der Waals surface area contributed by atoms with Crippen LogP contribution in [0.4, 0.5) is 0 Å². The summed E-state index contributed by atoms with van der Waals surface area (Å²) >= 11 is 5.91. The van der Waals surface area contributed by atoms with Gasteiger partial charge in [0.05, 0.1) is 0 Å². The Morgan fingerprint density at radius 1 is 1.43 bits per heavy atom. The Kier molecular flexibility index (Phi) is 2.09. The van der Waals surface area contributed by atoms with Crippen LogP contribution in [0.3, 0.4) is 0 Å². The number of aryl methyl sites for hydroxylation is 1. The van der Waals surface area contributed by atoms with Gasteiger partial charge in [0.2, 0.25) is 0 Å². The van der Waals surface area contributed by atoms with Gasteiger partial charge in [0, 0.05) is 17.7 Å². The van der Waals surface area contributed by atoms with Crippen LogP contribution in [0.1, 0.15) is 31.0 Å². The minimum atomic E-state index is 0.205.